The molecule has 0 spiro atoms. The Balaban J connectivity index is 1.76. The van der Waals surface area contributed by atoms with Crippen LogP contribution in [0, 0.1) is 6.92 Å². The second-order valence-corrected chi connectivity index (χ2v) is 7.04. The van der Waals surface area contributed by atoms with E-state index in [0.717, 1.165) is 11.1 Å². The Labute approximate surface area is 157 Å². The Morgan fingerprint density at radius 2 is 2.27 bits per heavy atom. The van der Waals surface area contributed by atoms with Gasteiger partial charge in [-0.15, -0.1) is 10.2 Å². The van der Waals surface area contributed by atoms with Gasteiger partial charge in [-0.3, -0.25) is 4.79 Å². The fourth-order valence-corrected chi connectivity index (χ4v) is 3.34. The maximum Gasteiger partial charge on any atom is 0.246 e. The quantitative estimate of drug-likeness (QED) is 0.827. The Bertz CT molecular complexity index is 820. The fraction of sp³-hybridized carbons (Fsp3) is 0.444. The number of hydrogen-bond donors (Lipinski definition) is 1. The molecule has 2 atom stereocenters. The molecule has 8 heteroatoms. The van der Waals surface area contributed by atoms with Gasteiger partial charge in [0.2, 0.25) is 5.91 Å². The third-order valence-electron chi connectivity index (χ3n) is 4.51. The average molecular weight is 376 g/mol. The van der Waals surface area contributed by atoms with Crippen molar-refractivity contribution in [2.45, 2.75) is 45.4 Å². The lowest BCUT2D eigenvalue weighted by molar-refractivity contribution is -0.130. The molecule has 0 unspecified atom stereocenters. The van der Waals surface area contributed by atoms with Gasteiger partial charge in [0.1, 0.15) is 0 Å². The summed E-state index contributed by atoms with van der Waals surface area (Å²) in [5, 5.41) is 22.3. The summed E-state index contributed by atoms with van der Waals surface area (Å²) >= 11 is 6.12. The Morgan fingerprint density at radius 1 is 1.46 bits per heavy atom. The van der Waals surface area contributed by atoms with Crippen LogP contribution in [0.25, 0.3) is 6.08 Å². The second kappa shape index (κ2) is 7.97. The van der Waals surface area contributed by atoms with Crippen molar-refractivity contribution < 1.29 is 9.90 Å². The normalized spacial score (nSPS) is 20.7. The highest BCUT2D eigenvalue weighted by atomic mass is 35.5. The van der Waals surface area contributed by atoms with Crippen LogP contribution in [-0.4, -0.2) is 54.8 Å². The average Bonchev–Trinajstić information content (AvgIpc) is 2.99. The van der Waals surface area contributed by atoms with E-state index in [4.69, 9.17) is 11.6 Å². The standard InChI is InChI=1S/C18H22ClN5O2/c1-12-9-17(25)7-8-23(12)18(26)6-4-14-3-5-16(19)10-15(14)11-24-21-13(2)20-22-24/h3-6,10,12,17,25H,7-9,11H2,1-2H3/b6-4+/t12-,17-/m1/s1. The van der Waals surface area contributed by atoms with E-state index in [1.807, 2.05) is 19.1 Å². The molecule has 3 rings (SSSR count). The SMILES string of the molecule is Cc1nnn(Cc2cc(Cl)ccc2/C=C/C(=O)N2CC[C@@H](O)C[C@H]2C)n1. The molecule has 1 amide bonds. The van der Waals surface area contributed by atoms with Crippen molar-refractivity contribution in [3.63, 3.8) is 0 Å². The molecule has 0 saturated carbocycles. The van der Waals surface area contributed by atoms with Crippen LogP contribution in [0.5, 0.6) is 0 Å². The van der Waals surface area contributed by atoms with Gasteiger partial charge in [0.05, 0.1) is 12.6 Å². The second-order valence-electron chi connectivity index (χ2n) is 6.60. The maximum atomic E-state index is 12.5. The Hall–Kier alpha value is -2.25. The summed E-state index contributed by atoms with van der Waals surface area (Å²) in [5.74, 6) is 0.542. The van der Waals surface area contributed by atoms with Gasteiger partial charge in [0, 0.05) is 23.7 Å². The van der Waals surface area contributed by atoms with Crippen LogP contribution < -0.4 is 0 Å². The van der Waals surface area contributed by atoms with Crippen molar-refractivity contribution in [2.24, 2.45) is 0 Å². The van der Waals surface area contributed by atoms with Gasteiger partial charge in [-0.05, 0) is 61.2 Å². The predicted octanol–water partition coefficient (Wildman–Crippen LogP) is 2.07. The van der Waals surface area contributed by atoms with Crippen molar-refractivity contribution in [1.82, 2.24) is 25.1 Å². The molecule has 1 N–H and O–H groups in total. The topological polar surface area (TPSA) is 84.1 Å². The number of likely N-dealkylation sites (tertiary alicyclic amines) is 1. The van der Waals surface area contributed by atoms with Crippen LogP contribution in [0.1, 0.15) is 36.7 Å². The van der Waals surface area contributed by atoms with E-state index in [9.17, 15) is 9.90 Å². The number of hydrogen-bond acceptors (Lipinski definition) is 5. The van der Waals surface area contributed by atoms with Crippen LogP contribution in [0.2, 0.25) is 5.02 Å². The summed E-state index contributed by atoms with van der Waals surface area (Å²) in [6.45, 7) is 4.72. The van der Waals surface area contributed by atoms with Crippen LogP contribution in [0.4, 0.5) is 0 Å². The third kappa shape index (κ3) is 4.47. The highest BCUT2D eigenvalue weighted by molar-refractivity contribution is 6.30. The maximum absolute atomic E-state index is 12.5. The lowest BCUT2D eigenvalue weighted by atomic mass is 10.0. The largest absolute Gasteiger partial charge is 0.393 e. The number of halogens is 1. The highest BCUT2D eigenvalue weighted by Gasteiger charge is 2.26. The van der Waals surface area contributed by atoms with Crippen molar-refractivity contribution in [2.75, 3.05) is 6.54 Å². The summed E-state index contributed by atoms with van der Waals surface area (Å²) in [4.78, 5) is 15.8. The van der Waals surface area contributed by atoms with E-state index < -0.39 is 0 Å². The number of benzene rings is 1. The first-order chi connectivity index (χ1) is 12.4. The molecule has 26 heavy (non-hydrogen) atoms. The van der Waals surface area contributed by atoms with E-state index in [0.29, 0.717) is 36.8 Å². The van der Waals surface area contributed by atoms with Gasteiger partial charge in [0.15, 0.2) is 5.82 Å². The number of nitrogens with zero attached hydrogens (tertiary/aromatic N) is 5. The van der Waals surface area contributed by atoms with Crippen molar-refractivity contribution in [1.29, 1.82) is 0 Å². The highest BCUT2D eigenvalue weighted by Crippen LogP contribution is 2.20. The van der Waals surface area contributed by atoms with Gasteiger partial charge in [-0.2, -0.15) is 4.80 Å². The Morgan fingerprint density at radius 3 is 2.96 bits per heavy atom. The third-order valence-corrected chi connectivity index (χ3v) is 4.74. The monoisotopic (exact) mass is 375 g/mol. The van der Waals surface area contributed by atoms with Crippen LogP contribution in [0.3, 0.4) is 0 Å². The number of amides is 1. The zero-order chi connectivity index (χ0) is 18.7. The zero-order valence-electron chi connectivity index (χ0n) is 14.8. The number of rotatable bonds is 4. The minimum absolute atomic E-state index is 0.0305. The molecule has 2 aromatic rings. The lowest BCUT2D eigenvalue weighted by Crippen LogP contribution is -2.45. The summed E-state index contributed by atoms with van der Waals surface area (Å²) in [5.41, 5.74) is 1.78. The summed E-state index contributed by atoms with van der Waals surface area (Å²) in [7, 11) is 0. The zero-order valence-corrected chi connectivity index (χ0v) is 15.6. The molecule has 1 aliphatic rings. The number of aryl methyl sites for hydroxylation is 1. The van der Waals surface area contributed by atoms with E-state index in [-0.39, 0.29) is 18.1 Å². The molecule has 1 fully saturated rings. The summed E-state index contributed by atoms with van der Waals surface area (Å²) in [6, 6.07) is 5.52. The number of aliphatic hydroxyl groups is 1. The van der Waals surface area contributed by atoms with E-state index in [1.54, 1.807) is 30.0 Å². The van der Waals surface area contributed by atoms with Gasteiger partial charge >= 0.3 is 0 Å². The molecule has 0 bridgehead atoms. The summed E-state index contributed by atoms with van der Waals surface area (Å²) < 4.78 is 0. The van der Waals surface area contributed by atoms with E-state index in [2.05, 4.69) is 15.4 Å². The predicted molar refractivity (Wildman–Crippen MR) is 98.6 cm³/mol. The summed E-state index contributed by atoms with van der Waals surface area (Å²) in [6.07, 6.45) is 4.27. The first-order valence-electron chi connectivity index (χ1n) is 8.62. The minimum Gasteiger partial charge on any atom is -0.393 e. The number of tetrazole rings is 1. The fourth-order valence-electron chi connectivity index (χ4n) is 3.15. The molecule has 0 radical (unpaired) electrons. The number of aromatic nitrogens is 4. The van der Waals surface area contributed by atoms with Crippen molar-refractivity contribution in [3.05, 3.63) is 46.2 Å². The van der Waals surface area contributed by atoms with Crippen LogP contribution in [-0.2, 0) is 11.3 Å². The number of carbonyl (C=O) groups excluding carboxylic acids is 1. The van der Waals surface area contributed by atoms with Gasteiger partial charge < -0.3 is 10.0 Å². The first-order valence-corrected chi connectivity index (χ1v) is 9.00. The van der Waals surface area contributed by atoms with Gasteiger partial charge in [-0.25, -0.2) is 0 Å². The minimum atomic E-state index is -0.320. The van der Waals surface area contributed by atoms with E-state index in [1.165, 1.54) is 4.80 Å². The first kappa shape index (κ1) is 18.5. The molecule has 0 aliphatic carbocycles. The van der Waals surface area contributed by atoms with Crippen molar-refractivity contribution in [3.8, 4) is 0 Å². The molecule has 2 heterocycles. The van der Waals surface area contributed by atoms with Gasteiger partial charge in [-0.1, -0.05) is 17.7 Å². The van der Waals surface area contributed by atoms with Crippen molar-refractivity contribution >= 4 is 23.6 Å². The molecule has 138 valence electrons. The van der Waals surface area contributed by atoms with Crippen LogP contribution >= 0.6 is 11.6 Å². The number of aliphatic hydroxyl groups excluding tert-OH is 1. The number of piperidine rings is 1. The molecular weight excluding hydrogens is 354 g/mol. The molecule has 1 aromatic heterocycles. The van der Waals surface area contributed by atoms with E-state index >= 15 is 0 Å². The van der Waals surface area contributed by atoms with Crippen LogP contribution in [0.15, 0.2) is 24.3 Å². The molecular formula is C18H22ClN5O2. The molecule has 1 aromatic carbocycles. The smallest absolute Gasteiger partial charge is 0.246 e. The van der Waals surface area contributed by atoms with Gasteiger partial charge in [0.25, 0.3) is 0 Å². The Kier molecular flexibility index (Phi) is 5.68. The molecule has 7 nitrogen and oxygen atoms in total. The number of carbonyl (C=O) groups is 1. The lowest BCUT2D eigenvalue weighted by Gasteiger charge is -2.35. The molecule has 1 saturated heterocycles. The molecule has 1 aliphatic heterocycles.